The van der Waals surface area contributed by atoms with Crippen molar-refractivity contribution >= 4 is 81.3 Å². The van der Waals surface area contributed by atoms with Gasteiger partial charge in [-0.1, -0.05) is 133 Å². The van der Waals surface area contributed by atoms with E-state index in [9.17, 15) is 0 Å². The van der Waals surface area contributed by atoms with Gasteiger partial charge in [0.1, 0.15) is 11.2 Å². The minimum atomic E-state index is 0.880. The van der Waals surface area contributed by atoms with Gasteiger partial charge in [-0.15, -0.1) is 11.3 Å². The van der Waals surface area contributed by atoms with Crippen LogP contribution in [0.5, 0.6) is 0 Å². The standard InChI is InChI=1S/C52H33NOS/c1-2-10-38-32-41(24-23-34(38)9-1)40-12-7-11-39(31-40)37-21-19-35(20-22-37)36-25-27-42(28-26-36)53(43-29-30-45-44-13-3-5-16-48(44)54-49(45)33-43)47-15-8-18-51-52(47)46-14-4-6-17-50(46)55-51/h1-33H. The van der Waals surface area contributed by atoms with E-state index in [1.54, 1.807) is 0 Å². The minimum Gasteiger partial charge on any atom is -0.456 e. The quantitative estimate of drug-likeness (QED) is 0.170. The van der Waals surface area contributed by atoms with Crippen LogP contribution in [0, 0.1) is 0 Å². The molecule has 0 fully saturated rings. The fraction of sp³-hybridized carbons (Fsp3) is 0. The van der Waals surface area contributed by atoms with Crippen LogP contribution >= 0.6 is 11.3 Å². The maximum absolute atomic E-state index is 6.40. The van der Waals surface area contributed by atoms with E-state index in [4.69, 9.17) is 4.42 Å². The predicted molar refractivity (Wildman–Crippen MR) is 235 cm³/mol. The van der Waals surface area contributed by atoms with Gasteiger partial charge in [-0.25, -0.2) is 0 Å². The molecule has 0 spiro atoms. The molecule has 0 bridgehead atoms. The van der Waals surface area contributed by atoms with Crippen molar-refractivity contribution in [3.63, 3.8) is 0 Å². The highest BCUT2D eigenvalue weighted by molar-refractivity contribution is 7.26. The number of anilines is 3. The SMILES string of the molecule is c1cc(-c2ccc(-c3ccc(N(c4ccc5c(c4)oc4ccccc45)c4cccc5sc6ccccc6c45)cc3)cc2)cc(-c2ccc3ccccc3c2)c1. The molecule has 2 aromatic heterocycles. The number of para-hydroxylation sites is 1. The first-order valence-corrected chi connectivity index (χ1v) is 19.5. The molecule has 0 amide bonds. The summed E-state index contributed by atoms with van der Waals surface area (Å²) in [4.78, 5) is 2.38. The topological polar surface area (TPSA) is 16.4 Å². The van der Waals surface area contributed by atoms with Gasteiger partial charge in [0.05, 0.1) is 5.69 Å². The summed E-state index contributed by atoms with van der Waals surface area (Å²) in [6.45, 7) is 0. The third-order valence-corrected chi connectivity index (χ3v) is 12.0. The molecule has 2 heterocycles. The molecular formula is C52H33NOS. The Bertz CT molecular complexity index is 3210. The van der Waals surface area contributed by atoms with Crippen LogP contribution in [0.1, 0.15) is 0 Å². The molecule has 0 saturated carbocycles. The lowest BCUT2D eigenvalue weighted by Gasteiger charge is -2.26. The van der Waals surface area contributed by atoms with Crippen LogP contribution in [0.25, 0.3) is 86.3 Å². The van der Waals surface area contributed by atoms with Crippen molar-refractivity contribution in [3.05, 3.63) is 200 Å². The number of benzene rings is 9. The van der Waals surface area contributed by atoms with E-state index < -0.39 is 0 Å². The molecule has 0 aliphatic carbocycles. The molecule has 0 aliphatic rings. The van der Waals surface area contributed by atoms with E-state index in [2.05, 4.69) is 193 Å². The molecular weight excluding hydrogens is 687 g/mol. The Hall–Kier alpha value is -6.94. The summed E-state index contributed by atoms with van der Waals surface area (Å²) in [5.74, 6) is 0. The Balaban J connectivity index is 0.960. The fourth-order valence-corrected chi connectivity index (χ4v) is 9.26. The Morgan fingerprint density at radius 3 is 1.76 bits per heavy atom. The highest BCUT2D eigenvalue weighted by Crippen LogP contribution is 2.46. The van der Waals surface area contributed by atoms with Gasteiger partial charge < -0.3 is 9.32 Å². The summed E-state index contributed by atoms with van der Waals surface area (Å²) >= 11 is 1.84. The molecule has 11 rings (SSSR count). The van der Waals surface area contributed by atoms with Crippen LogP contribution in [0.15, 0.2) is 205 Å². The monoisotopic (exact) mass is 719 g/mol. The summed E-state index contributed by atoms with van der Waals surface area (Å²) in [7, 11) is 0. The Morgan fingerprint density at radius 2 is 0.927 bits per heavy atom. The van der Waals surface area contributed by atoms with Crippen LogP contribution in [0.3, 0.4) is 0 Å². The minimum absolute atomic E-state index is 0.880. The molecule has 55 heavy (non-hydrogen) atoms. The van der Waals surface area contributed by atoms with Crippen LogP contribution in [-0.4, -0.2) is 0 Å². The lowest BCUT2D eigenvalue weighted by atomic mass is 9.96. The van der Waals surface area contributed by atoms with Crippen LogP contribution in [0.4, 0.5) is 17.1 Å². The second kappa shape index (κ2) is 12.9. The fourth-order valence-electron chi connectivity index (χ4n) is 8.13. The van der Waals surface area contributed by atoms with E-state index >= 15 is 0 Å². The van der Waals surface area contributed by atoms with Crippen molar-refractivity contribution in [1.29, 1.82) is 0 Å². The van der Waals surface area contributed by atoms with Gasteiger partial charge >= 0.3 is 0 Å². The number of nitrogens with zero attached hydrogens (tertiary/aromatic N) is 1. The Labute approximate surface area is 322 Å². The van der Waals surface area contributed by atoms with Crippen LogP contribution in [0.2, 0.25) is 0 Å². The van der Waals surface area contributed by atoms with Crippen molar-refractivity contribution in [1.82, 2.24) is 0 Å². The molecule has 9 aromatic carbocycles. The van der Waals surface area contributed by atoms with Crippen molar-refractivity contribution in [2.75, 3.05) is 4.90 Å². The van der Waals surface area contributed by atoms with Crippen molar-refractivity contribution in [2.45, 2.75) is 0 Å². The first-order chi connectivity index (χ1) is 27.2. The van der Waals surface area contributed by atoms with Crippen molar-refractivity contribution < 1.29 is 4.42 Å². The van der Waals surface area contributed by atoms with Gasteiger partial charge in [-0.3, -0.25) is 0 Å². The third kappa shape index (κ3) is 5.48. The second-order valence-corrected chi connectivity index (χ2v) is 15.2. The third-order valence-electron chi connectivity index (χ3n) is 10.9. The maximum Gasteiger partial charge on any atom is 0.137 e. The highest BCUT2D eigenvalue weighted by atomic mass is 32.1. The Kier molecular flexibility index (Phi) is 7.39. The van der Waals surface area contributed by atoms with E-state index in [0.717, 1.165) is 39.0 Å². The molecule has 258 valence electrons. The van der Waals surface area contributed by atoms with Crippen LogP contribution in [-0.2, 0) is 0 Å². The normalized spacial score (nSPS) is 11.6. The van der Waals surface area contributed by atoms with Gasteiger partial charge in [0.25, 0.3) is 0 Å². The average Bonchev–Trinajstić information content (AvgIpc) is 3.83. The maximum atomic E-state index is 6.40. The van der Waals surface area contributed by atoms with Gasteiger partial charge in [-0.2, -0.15) is 0 Å². The molecule has 0 atom stereocenters. The lowest BCUT2D eigenvalue weighted by molar-refractivity contribution is 0.669. The first-order valence-electron chi connectivity index (χ1n) is 18.7. The molecule has 0 saturated heterocycles. The second-order valence-electron chi connectivity index (χ2n) is 14.1. The molecule has 0 N–H and O–H groups in total. The predicted octanol–water partition coefficient (Wildman–Crippen LogP) is 15.6. The molecule has 3 heteroatoms. The van der Waals surface area contributed by atoms with Gasteiger partial charge in [0, 0.05) is 48.4 Å². The zero-order valence-electron chi connectivity index (χ0n) is 29.8. The number of thiophene rings is 1. The Morgan fingerprint density at radius 1 is 0.345 bits per heavy atom. The van der Waals surface area contributed by atoms with Gasteiger partial charge in [0.15, 0.2) is 0 Å². The highest BCUT2D eigenvalue weighted by Gasteiger charge is 2.20. The smallest absolute Gasteiger partial charge is 0.137 e. The zero-order valence-corrected chi connectivity index (χ0v) is 30.6. The number of hydrogen-bond acceptors (Lipinski definition) is 3. The summed E-state index contributed by atoms with van der Waals surface area (Å²) < 4.78 is 8.96. The first kappa shape index (κ1) is 31.6. The summed E-state index contributed by atoms with van der Waals surface area (Å²) in [5, 5.41) is 7.31. The molecule has 2 nitrogen and oxygen atoms in total. The average molecular weight is 720 g/mol. The number of furan rings is 1. The summed E-state index contributed by atoms with van der Waals surface area (Å²) in [5.41, 5.74) is 12.3. The number of fused-ring (bicyclic) bond motifs is 7. The van der Waals surface area contributed by atoms with Gasteiger partial charge in [-0.05, 0) is 105 Å². The largest absolute Gasteiger partial charge is 0.456 e. The zero-order chi connectivity index (χ0) is 36.3. The van der Waals surface area contributed by atoms with Crippen LogP contribution < -0.4 is 4.90 Å². The lowest BCUT2D eigenvalue weighted by Crippen LogP contribution is -2.10. The van der Waals surface area contributed by atoms with E-state index in [1.807, 2.05) is 23.5 Å². The van der Waals surface area contributed by atoms with E-state index in [0.29, 0.717) is 0 Å². The van der Waals surface area contributed by atoms with Crippen molar-refractivity contribution in [2.24, 2.45) is 0 Å². The summed E-state index contributed by atoms with van der Waals surface area (Å²) in [6, 6.07) is 72.2. The molecule has 0 radical (unpaired) electrons. The van der Waals surface area contributed by atoms with E-state index in [1.165, 1.54) is 64.3 Å². The van der Waals surface area contributed by atoms with Crippen molar-refractivity contribution in [3.8, 4) is 33.4 Å². The summed E-state index contributed by atoms with van der Waals surface area (Å²) in [6.07, 6.45) is 0. The van der Waals surface area contributed by atoms with E-state index in [-0.39, 0.29) is 0 Å². The van der Waals surface area contributed by atoms with Gasteiger partial charge in [0.2, 0.25) is 0 Å². The number of rotatable bonds is 6. The molecule has 0 aliphatic heterocycles. The number of hydrogen-bond donors (Lipinski definition) is 0. The molecule has 0 unspecified atom stereocenters. The molecule has 11 aromatic rings.